The SMILES string of the molecule is CC(OC(=O)CN1C(=O)c2ccccc2C1=O)C(=O)Nc1ccc(Cl)cn1. The molecule has 1 aromatic carbocycles. The molecule has 0 aliphatic carbocycles. The molecule has 8 nitrogen and oxygen atoms in total. The highest BCUT2D eigenvalue weighted by Gasteiger charge is 2.37. The molecule has 3 rings (SSSR count). The average Bonchev–Trinajstić information content (AvgIpc) is 2.89. The summed E-state index contributed by atoms with van der Waals surface area (Å²) in [6.45, 7) is 0.786. The van der Waals surface area contributed by atoms with Crippen molar-refractivity contribution in [1.29, 1.82) is 0 Å². The Labute approximate surface area is 159 Å². The van der Waals surface area contributed by atoms with Crippen molar-refractivity contribution < 1.29 is 23.9 Å². The molecule has 1 aliphatic heterocycles. The van der Waals surface area contributed by atoms with Crippen LogP contribution in [0.5, 0.6) is 0 Å². The molecule has 1 atom stereocenters. The van der Waals surface area contributed by atoms with Crippen molar-refractivity contribution in [3.8, 4) is 0 Å². The second kappa shape index (κ2) is 7.55. The van der Waals surface area contributed by atoms with E-state index < -0.39 is 36.3 Å². The number of pyridine rings is 1. The number of hydrogen-bond donors (Lipinski definition) is 1. The predicted octanol–water partition coefficient (Wildman–Crippen LogP) is 1.90. The lowest BCUT2D eigenvalue weighted by molar-refractivity contribution is -0.153. The fourth-order valence-corrected chi connectivity index (χ4v) is 2.59. The largest absolute Gasteiger partial charge is 0.451 e. The van der Waals surface area contributed by atoms with Gasteiger partial charge in [-0.15, -0.1) is 0 Å². The average molecular weight is 388 g/mol. The number of fused-ring (bicyclic) bond motifs is 1. The zero-order valence-electron chi connectivity index (χ0n) is 14.1. The summed E-state index contributed by atoms with van der Waals surface area (Å²) in [7, 11) is 0. The third-order valence-electron chi connectivity index (χ3n) is 3.82. The molecule has 0 radical (unpaired) electrons. The van der Waals surface area contributed by atoms with E-state index in [2.05, 4.69) is 10.3 Å². The molecule has 0 fully saturated rings. The molecule has 9 heteroatoms. The summed E-state index contributed by atoms with van der Waals surface area (Å²) in [6, 6.07) is 9.31. The minimum absolute atomic E-state index is 0.231. The van der Waals surface area contributed by atoms with Crippen molar-refractivity contribution in [3.63, 3.8) is 0 Å². The lowest BCUT2D eigenvalue weighted by Gasteiger charge is -2.16. The van der Waals surface area contributed by atoms with E-state index >= 15 is 0 Å². The van der Waals surface area contributed by atoms with Crippen molar-refractivity contribution in [2.24, 2.45) is 0 Å². The van der Waals surface area contributed by atoms with E-state index in [-0.39, 0.29) is 16.9 Å². The number of aromatic nitrogens is 1. The minimum Gasteiger partial charge on any atom is -0.451 e. The molecule has 0 saturated carbocycles. The highest BCUT2D eigenvalue weighted by molar-refractivity contribution is 6.30. The molecule has 0 saturated heterocycles. The molecule has 1 N–H and O–H groups in total. The van der Waals surface area contributed by atoms with Gasteiger partial charge < -0.3 is 10.1 Å². The molecule has 3 amide bonds. The van der Waals surface area contributed by atoms with E-state index in [9.17, 15) is 19.2 Å². The Hall–Kier alpha value is -3.26. The van der Waals surface area contributed by atoms with Gasteiger partial charge in [-0.25, -0.2) is 4.98 Å². The summed E-state index contributed by atoms with van der Waals surface area (Å²) in [4.78, 5) is 53.3. The maximum atomic E-state index is 12.2. The Morgan fingerprint density at radius 2 is 1.78 bits per heavy atom. The third-order valence-corrected chi connectivity index (χ3v) is 4.05. The maximum absolute atomic E-state index is 12.2. The summed E-state index contributed by atoms with van der Waals surface area (Å²) >= 11 is 5.71. The van der Waals surface area contributed by atoms with Crippen LogP contribution >= 0.6 is 11.6 Å². The molecule has 1 aliphatic rings. The number of nitrogens with zero attached hydrogens (tertiary/aromatic N) is 2. The van der Waals surface area contributed by atoms with Crippen LogP contribution in [-0.4, -0.2) is 46.2 Å². The lowest BCUT2D eigenvalue weighted by atomic mass is 10.1. The number of nitrogens with one attached hydrogen (secondary N) is 1. The molecule has 2 heterocycles. The van der Waals surface area contributed by atoms with Gasteiger partial charge in [0.2, 0.25) is 0 Å². The fraction of sp³-hybridized carbons (Fsp3) is 0.167. The van der Waals surface area contributed by atoms with Crippen molar-refractivity contribution in [3.05, 3.63) is 58.7 Å². The molecule has 1 unspecified atom stereocenters. The number of halogens is 1. The van der Waals surface area contributed by atoms with Gasteiger partial charge in [0.1, 0.15) is 12.4 Å². The number of carbonyl (C=O) groups excluding carboxylic acids is 4. The Balaban J connectivity index is 1.57. The zero-order valence-corrected chi connectivity index (χ0v) is 14.9. The smallest absolute Gasteiger partial charge is 0.326 e. The van der Waals surface area contributed by atoms with Gasteiger partial charge in [-0.3, -0.25) is 24.1 Å². The Morgan fingerprint density at radius 1 is 1.15 bits per heavy atom. The summed E-state index contributed by atoms with van der Waals surface area (Å²) in [6.07, 6.45) is 0.209. The number of benzene rings is 1. The molecular weight excluding hydrogens is 374 g/mol. The molecule has 2 aromatic rings. The van der Waals surface area contributed by atoms with E-state index in [1.165, 1.54) is 31.3 Å². The topological polar surface area (TPSA) is 106 Å². The van der Waals surface area contributed by atoms with Crippen LogP contribution in [0.4, 0.5) is 5.82 Å². The summed E-state index contributed by atoms with van der Waals surface area (Å²) in [5.74, 6) is -2.39. The van der Waals surface area contributed by atoms with Crippen molar-refractivity contribution >= 4 is 41.1 Å². The van der Waals surface area contributed by atoms with Crippen LogP contribution in [0, 0.1) is 0 Å². The van der Waals surface area contributed by atoms with Crippen molar-refractivity contribution in [2.75, 3.05) is 11.9 Å². The second-order valence-electron chi connectivity index (χ2n) is 5.73. The Kier molecular flexibility index (Phi) is 5.18. The van der Waals surface area contributed by atoms with Crippen molar-refractivity contribution in [1.82, 2.24) is 9.88 Å². The number of amides is 3. The first-order valence-electron chi connectivity index (χ1n) is 7.94. The van der Waals surface area contributed by atoms with Gasteiger partial charge in [0, 0.05) is 6.20 Å². The van der Waals surface area contributed by atoms with E-state index in [0.29, 0.717) is 5.02 Å². The minimum atomic E-state index is -1.15. The number of anilines is 1. The number of esters is 1. The lowest BCUT2D eigenvalue weighted by Crippen LogP contribution is -2.38. The van der Waals surface area contributed by atoms with E-state index in [0.717, 1.165) is 4.90 Å². The number of ether oxygens (including phenoxy) is 1. The van der Waals surface area contributed by atoms with E-state index in [1.807, 2.05) is 0 Å². The summed E-state index contributed by atoms with van der Waals surface area (Å²) in [5.41, 5.74) is 0.463. The molecule has 0 bridgehead atoms. The van der Waals surface area contributed by atoms with Gasteiger partial charge >= 0.3 is 5.97 Å². The highest BCUT2D eigenvalue weighted by atomic mass is 35.5. The molecule has 27 heavy (non-hydrogen) atoms. The second-order valence-corrected chi connectivity index (χ2v) is 6.16. The van der Waals surface area contributed by atoms with Gasteiger partial charge in [0.25, 0.3) is 17.7 Å². The zero-order chi connectivity index (χ0) is 19.6. The molecule has 138 valence electrons. The third kappa shape index (κ3) is 3.95. The quantitative estimate of drug-likeness (QED) is 0.620. The van der Waals surface area contributed by atoms with Gasteiger partial charge in [-0.05, 0) is 31.2 Å². The van der Waals surface area contributed by atoms with Crippen LogP contribution < -0.4 is 5.32 Å². The van der Waals surface area contributed by atoms with Gasteiger partial charge in [0.05, 0.1) is 16.1 Å². The summed E-state index contributed by atoms with van der Waals surface area (Å²) < 4.78 is 5.01. The van der Waals surface area contributed by atoms with Crippen LogP contribution in [0.1, 0.15) is 27.6 Å². The number of rotatable bonds is 5. The van der Waals surface area contributed by atoms with E-state index in [1.54, 1.807) is 18.2 Å². The van der Waals surface area contributed by atoms with Gasteiger partial charge in [-0.2, -0.15) is 0 Å². The van der Waals surface area contributed by atoms with Crippen LogP contribution in [0.3, 0.4) is 0 Å². The fourth-order valence-electron chi connectivity index (χ4n) is 2.48. The number of imide groups is 1. The first-order chi connectivity index (χ1) is 12.9. The van der Waals surface area contributed by atoms with Crippen LogP contribution in [0.2, 0.25) is 5.02 Å². The maximum Gasteiger partial charge on any atom is 0.326 e. The number of hydrogen-bond acceptors (Lipinski definition) is 6. The van der Waals surface area contributed by atoms with Crippen LogP contribution in [-0.2, 0) is 14.3 Å². The number of carbonyl (C=O) groups is 4. The van der Waals surface area contributed by atoms with Crippen LogP contribution in [0.25, 0.3) is 0 Å². The first kappa shape index (κ1) is 18.5. The van der Waals surface area contributed by atoms with Crippen molar-refractivity contribution in [2.45, 2.75) is 13.0 Å². The first-order valence-corrected chi connectivity index (χ1v) is 8.31. The standard InChI is InChI=1S/C18H14ClN3O5/c1-10(16(24)21-14-7-6-11(19)8-20-14)27-15(23)9-22-17(25)12-4-2-3-5-13(12)18(22)26/h2-8,10H,9H2,1H3,(H,20,21,24). The molecule has 1 aromatic heterocycles. The predicted molar refractivity (Wildman–Crippen MR) is 95.2 cm³/mol. The van der Waals surface area contributed by atoms with Crippen LogP contribution in [0.15, 0.2) is 42.6 Å². The normalized spacial score (nSPS) is 13.9. The van der Waals surface area contributed by atoms with Gasteiger partial charge in [0.15, 0.2) is 6.10 Å². The van der Waals surface area contributed by atoms with Gasteiger partial charge in [-0.1, -0.05) is 23.7 Å². The summed E-state index contributed by atoms with van der Waals surface area (Å²) in [5, 5.41) is 2.88. The Morgan fingerprint density at radius 3 is 2.33 bits per heavy atom. The highest BCUT2D eigenvalue weighted by Crippen LogP contribution is 2.22. The molecular formula is C18H14ClN3O5. The monoisotopic (exact) mass is 387 g/mol. The Bertz CT molecular complexity index is 894. The van der Waals surface area contributed by atoms with E-state index in [4.69, 9.17) is 16.3 Å². The molecule has 0 spiro atoms.